The van der Waals surface area contributed by atoms with Gasteiger partial charge in [-0.15, -0.1) is 0 Å². The Labute approximate surface area is 159 Å². The molecule has 1 aliphatic rings. The number of carbonyl (C=O) groups is 1. The van der Waals surface area contributed by atoms with Crippen LogP contribution in [0.5, 0.6) is 5.75 Å². The Hall–Kier alpha value is -2.44. The topological polar surface area (TPSA) is 53.0 Å². The van der Waals surface area contributed by atoms with Crippen molar-refractivity contribution in [1.29, 1.82) is 0 Å². The number of hydrogen-bond acceptors (Lipinski definition) is 5. The molecule has 0 bridgehead atoms. The maximum Gasteiger partial charge on any atom is 0.170 e. The van der Waals surface area contributed by atoms with Crippen LogP contribution in [0.4, 0.5) is 10.1 Å². The summed E-state index contributed by atoms with van der Waals surface area (Å²) in [6.45, 7) is 2.31. The Bertz CT molecular complexity index is 748. The molecule has 0 radical (unpaired) electrons. The van der Waals surface area contributed by atoms with Crippen molar-refractivity contribution in [1.82, 2.24) is 4.90 Å². The highest BCUT2D eigenvalue weighted by atomic mass is 19.1. The molecule has 2 aromatic carbocycles. The number of rotatable bonds is 7. The summed E-state index contributed by atoms with van der Waals surface area (Å²) in [7, 11) is 1.64. The minimum absolute atomic E-state index is 0.315. The van der Waals surface area contributed by atoms with Crippen LogP contribution >= 0.6 is 0 Å². The van der Waals surface area contributed by atoms with Crippen molar-refractivity contribution >= 4 is 11.5 Å². The van der Waals surface area contributed by atoms with Crippen molar-refractivity contribution in [3.05, 3.63) is 60.2 Å². The quantitative estimate of drug-likeness (QED) is 0.758. The summed E-state index contributed by atoms with van der Waals surface area (Å²) in [6.07, 6.45) is -2.99. The van der Waals surface area contributed by atoms with E-state index < -0.39 is 18.2 Å². The van der Waals surface area contributed by atoms with Gasteiger partial charge < -0.3 is 14.7 Å². The van der Waals surface area contributed by atoms with Crippen LogP contribution in [0.15, 0.2) is 54.6 Å². The van der Waals surface area contributed by atoms with Crippen molar-refractivity contribution in [2.45, 2.75) is 18.8 Å². The number of halogens is 1. The summed E-state index contributed by atoms with van der Waals surface area (Å²) in [6, 6.07) is 16.4. The zero-order chi connectivity index (χ0) is 19.2. The number of carbonyl (C=O) groups excluding carboxylic acids is 1. The highest BCUT2D eigenvalue weighted by molar-refractivity contribution is 5.84. The molecule has 27 heavy (non-hydrogen) atoms. The molecule has 0 spiro atoms. The third-order valence-corrected chi connectivity index (χ3v) is 4.93. The lowest BCUT2D eigenvalue weighted by Gasteiger charge is -2.38. The van der Waals surface area contributed by atoms with Gasteiger partial charge in [0.1, 0.15) is 11.9 Å². The predicted molar refractivity (Wildman–Crippen MR) is 103 cm³/mol. The number of piperazine rings is 1. The molecular formula is C21H25FN2O3. The molecule has 0 amide bonds. The second-order valence-corrected chi connectivity index (χ2v) is 6.61. The van der Waals surface area contributed by atoms with Crippen LogP contribution in [0.1, 0.15) is 18.1 Å². The van der Waals surface area contributed by atoms with Crippen LogP contribution < -0.4 is 9.64 Å². The Morgan fingerprint density at radius 3 is 2.37 bits per heavy atom. The van der Waals surface area contributed by atoms with Gasteiger partial charge in [-0.3, -0.25) is 9.69 Å². The number of aliphatic hydroxyl groups is 1. The van der Waals surface area contributed by atoms with Gasteiger partial charge in [0.15, 0.2) is 12.1 Å². The number of benzene rings is 2. The molecule has 5 nitrogen and oxygen atoms in total. The fourth-order valence-corrected chi connectivity index (χ4v) is 3.36. The van der Waals surface area contributed by atoms with E-state index >= 15 is 0 Å². The van der Waals surface area contributed by atoms with Gasteiger partial charge in [0.05, 0.1) is 19.2 Å². The smallest absolute Gasteiger partial charge is 0.170 e. The van der Waals surface area contributed by atoms with Crippen LogP contribution in [-0.4, -0.2) is 55.4 Å². The van der Waals surface area contributed by atoms with Crippen LogP contribution in [0.3, 0.4) is 0 Å². The molecule has 0 saturated carbocycles. The average molecular weight is 372 g/mol. The number of alkyl halides is 1. The number of methoxy groups -OCH3 is 1. The molecule has 1 N–H and O–H groups in total. The van der Waals surface area contributed by atoms with Crippen molar-refractivity contribution < 1.29 is 19.0 Å². The zero-order valence-electron chi connectivity index (χ0n) is 15.4. The molecule has 2 unspecified atom stereocenters. The summed E-state index contributed by atoms with van der Waals surface area (Å²) < 4.78 is 20.0. The number of anilines is 1. The fourth-order valence-electron chi connectivity index (χ4n) is 3.36. The monoisotopic (exact) mass is 372 g/mol. The van der Waals surface area contributed by atoms with E-state index in [0.717, 1.165) is 11.4 Å². The normalized spacial score (nSPS) is 17.4. The van der Waals surface area contributed by atoms with Gasteiger partial charge in [-0.05, 0) is 17.7 Å². The third kappa shape index (κ3) is 4.64. The Morgan fingerprint density at radius 2 is 1.70 bits per heavy atom. The molecule has 2 aromatic rings. The van der Waals surface area contributed by atoms with E-state index in [1.165, 1.54) is 0 Å². The van der Waals surface area contributed by atoms with Crippen LogP contribution in [0, 0.1) is 0 Å². The second-order valence-electron chi connectivity index (χ2n) is 6.61. The number of ether oxygens (including phenoxy) is 1. The fraction of sp³-hybridized carbons (Fsp3) is 0.381. The number of ketones is 1. The average Bonchev–Trinajstić information content (AvgIpc) is 2.73. The first-order valence-electron chi connectivity index (χ1n) is 9.12. The third-order valence-electron chi connectivity index (χ3n) is 4.93. The largest absolute Gasteiger partial charge is 0.495 e. The molecule has 0 aromatic heterocycles. The predicted octanol–water partition coefficient (Wildman–Crippen LogP) is 2.81. The van der Waals surface area contributed by atoms with Crippen molar-refractivity contribution in [2.24, 2.45) is 0 Å². The maximum atomic E-state index is 14.6. The van der Waals surface area contributed by atoms with Crippen molar-refractivity contribution in [3.8, 4) is 5.75 Å². The van der Waals surface area contributed by atoms with E-state index in [0.29, 0.717) is 31.7 Å². The van der Waals surface area contributed by atoms with Gasteiger partial charge in [0.2, 0.25) is 0 Å². The van der Waals surface area contributed by atoms with Gasteiger partial charge in [-0.2, -0.15) is 0 Å². The SMILES string of the molecule is COc1ccccc1N1CCN(C(F)CC(=O)C(O)c2ccccc2)CC1. The number of nitrogens with zero attached hydrogens (tertiary/aromatic N) is 2. The van der Waals surface area contributed by atoms with Gasteiger partial charge in [0.25, 0.3) is 0 Å². The van der Waals surface area contributed by atoms with Gasteiger partial charge in [-0.1, -0.05) is 42.5 Å². The maximum absolute atomic E-state index is 14.6. The molecule has 6 heteroatoms. The number of hydrogen-bond donors (Lipinski definition) is 1. The molecule has 144 valence electrons. The van der Waals surface area contributed by atoms with Gasteiger partial charge >= 0.3 is 0 Å². The van der Waals surface area contributed by atoms with Crippen molar-refractivity contribution in [2.75, 3.05) is 38.2 Å². The van der Waals surface area contributed by atoms with E-state index in [4.69, 9.17) is 4.74 Å². The minimum Gasteiger partial charge on any atom is -0.495 e. The van der Waals surface area contributed by atoms with E-state index in [1.807, 2.05) is 24.3 Å². The first-order valence-corrected chi connectivity index (χ1v) is 9.12. The number of Topliss-reactive ketones (excluding diaryl/α,β-unsaturated/α-hetero) is 1. The summed E-state index contributed by atoms with van der Waals surface area (Å²) in [5.41, 5.74) is 1.49. The van der Waals surface area contributed by atoms with E-state index in [9.17, 15) is 14.3 Å². The molecule has 2 atom stereocenters. The summed E-state index contributed by atoms with van der Waals surface area (Å²) in [5.74, 6) is 0.296. The van der Waals surface area contributed by atoms with Crippen LogP contribution in [0.25, 0.3) is 0 Å². The molecule has 0 aliphatic carbocycles. The highest BCUT2D eigenvalue weighted by Crippen LogP contribution is 2.29. The number of para-hydroxylation sites is 2. The molecule has 3 rings (SSSR count). The standard InChI is InChI=1S/C21H25FN2O3/c1-27-19-10-6-5-9-17(19)23-11-13-24(14-12-23)20(22)15-18(25)21(26)16-7-3-2-4-8-16/h2-10,20-21,26H,11-15H2,1H3. The molecular weight excluding hydrogens is 347 g/mol. The summed E-state index contributed by atoms with van der Waals surface area (Å²) >= 11 is 0. The van der Waals surface area contributed by atoms with Gasteiger partial charge in [0, 0.05) is 26.2 Å². The Kier molecular flexibility index (Phi) is 6.42. The molecule has 1 fully saturated rings. The zero-order valence-corrected chi connectivity index (χ0v) is 15.4. The summed E-state index contributed by atoms with van der Waals surface area (Å²) in [4.78, 5) is 16.0. The van der Waals surface area contributed by atoms with Crippen molar-refractivity contribution in [3.63, 3.8) is 0 Å². The van der Waals surface area contributed by atoms with E-state index in [2.05, 4.69) is 4.90 Å². The lowest BCUT2D eigenvalue weighted by molar-refractivity contribution is -0.130. The van der Waals surface area contributed by atoms with Crippen LogP contribution in [-0.2, 0) is 4.79 Å². The Morgan fingerprint density at radius 1 is 1.07 bits per heavy atom. The second kappa shape index (κ2) is 8.97. The lowest BCUT2D eigenvalue weighted by Crippen LogP contribution is -2.50. The molecule has 1 aliphatic heterocycles. The number of aliphatic hydroxyl groups excluding tert-OH is 1. The van der Waals surface area contributed by atoms with E-state index in [-0.39, 0.29) is 6.42 Å². The highest BCUT2D eigenvalue weighted by Gasteiger charge is 2.28. The first-order chi connectivity index (χ1) is 13.1. The Balaban J connectivity index is 1.54. The summed E-state index contributed by atoms with van der Waals surface area (Å²) in [5, 5.41) is 10.1. The van der Waals surface area contributed by atoms with Gasteiger partial charge in [-0.25, -0.2) is 4.39 Å². The molecule has 1 saturated heterocycles. The van der Waals surface area contributed by atoms with Crippen LogP contribution in [0.2, 0.25) is 0 Å². The molecule has 1 heterocycles. The minimum atomic E-state index is -1.39. The first kappa shape index (κ1) is 19.3. The lowest BCUT2D eigenvalue weighted by atomic mass is 10.0. The van der Waals surface area contributed by atoms with E-state index in [1.54, 1.807) is 42.3 Å².